The summed E-state index contributed by atoms with van der Waals surface area (Å²) in [7, 11) is -2.67. The molecule has 1 aliphatic carbocycles. The minimum atomic E-state index is -3.94. The molecule has 178 valence electrons. The molecule has 0 unspecified atom stereocenters. The third kappa shape index (κ3) is 5.81. The van der Waals surface area contributed by atoms with Gasteiger partial charge in [0.1, 0.15) is 0 Å². The van der Waals surface area contributed by atoms with Crippen molar-refractivity contribution in [3.63, 3.8) is 0 Å². The first-order valence-corrected chi connectivity index (χ1v) is 12.7. The number of sulfonamides is 1. The third-order valence-corrected chi connectivity index (χ3v) is 8.02. The minimum Gasteiger partial charge on any atom is -0.465 e. The van der Waals surface area contributed by atoms with Crippen LogP contribution in [-0.4, -0.2) is 44.3 Å². The Kier molecular flexibility index (Phi) is 7.92. The molecule has 2 aromatic rings. The predicted molar refractivity (Wildman–Crippen MR) is 128 cm³/mol. The van der Waals surface area contributed by atoms with Gasteiger partial charge in [0, 0.05) is 11.7 Å². The highest BCUT2D eigenvalue weighted by molar-refractivity contribution is 7.89. The summed E-state index contributed by atoms with van der Waals surface area (Å²) in [6, 6.07) is 9.37. The monoisotopic (exact) mass is 472 g/mol. The Bertz CT molecular complexity index is 1100. The van der Waals surface area contributed by atoms with Gasteiger partial charge in [-0.05, 0) is 69.0 Å². The molecule has 2 aromatic carbocycles. The summed E-state index contributed by atoms with van der Waals surface area (Å²) in [5.74, 6) is -0.906. The summed E-state index contributed by atoms with van der Waals surface area (Å²) in [5.41, 5.74) is 3.96. The molecule has 1 saturated carbocycles. The maximum absolute atomic E-state index is 13.6. The Morgan fingerprint density at radius 3 is 2.12 bits per heavy atom. The zero-order chi connectivity index (χ0) is 24.2. The highest BCUT2D eigenvalue weighted by Gasteiger charge is 2.34. The molecule has 0 saturated heterocycles. The number of amides is 1. The van der Waals surface area contributed by atoms with Crippen molar-refractivity contribution >= 4 is 27.6 Å². The lowest BCUT2D eigenvalue weighted by Gasteiger charge is -2.33. The van der Waals surface area contributed by atoms with Crippen molar-refractivity contribution in [3.05, 3.63) is 58.7 Å². The van der Waals surface area contributed by atoms with Gasteiger partial charge in [0.05, 0.1) is 24.1 Å². The van der Waals surface area contributed by atoms with Crippen LogP contribution in [0.25, 0.3) is 0 Å². The molecular weight excluding hydrogens is 440 g/mol. The molecule has 0 spiro atoms. The van der Waals surface area contributed by atoms with Gasteiger partial charge in [0.25, 0.3) is 0 Å². The average molecular weight is 473 g/mol. The quantitative estimate of drug-likeness (QED) is 0.605. The second-order valence-electron chi connectivity index (χ2n) is 8.68. The van der Waals surface area contributed by atoms with Crippen molar-refractivity contribution in [2.45, 2.75) is 63.8 Å². The van der Waals surface area contributed by atoms with Crippen LogP contribution in [0.4, 0.5) is 5.69 Å². The van der Waals surface area contributed by atoms with Gasteiger partial charge < -0.3 is 10.1 Å². The number of aryl methyl sites for hydroxylation is 3. The standard InChI is InChI=1S/C25H32N2O5S/c1-17-14-18(2)24(19(3)15-17)26-23(28)16-27(21-8-6-5-7-9-21)33(30,31)22-12-10-20(11-13-22)25(29)32-4/h10-15,21H,5-9,16H2,1-4H3,(H,26,28). The fraction of sp³-hybridized carbons (Fsp3) is 0.440. The van der Waals surface area contributed by atoms with E-state index in [9.17, 15) is 18.0 Å². The lowest BCUT2D eigenvalue weighted by molar-refractivity contribution is -0.116. The Hall–Kier alpha value is -2.71. The van der Waals surface area contributed by atoms with Crippen LogP contribution in [-0.2, 0) is 19.6 Å². The lowest BCUT2D eigenvalue weighted by Crippen LogP contribution is -2.45. The second kappa shape index (κ2) is 10.5. The molecule has 0 atom stereocenters. The number of hydrogen-bond donors (Lipinski definition) is 1. The van der Waals surface area contributed by atoms with Gasteiger partial charge in [0.2, 0.25) is 15.9 Å². The second-order valence-corrected chi connectivity index (χ2v) is 10.6. The minimum absolute atomic E-state index is 0.0521. The summed E-state index contributed by atoms with van der Waals surface area (Å²) in [5, 5.41) is 2.92. The van der Waals surface area contributed by atoms with E-state index in [1.165, 1.54) is 35.7 Å². The molecule has 1 amide bonds. The zero-order valence-electron chi connectivity index (χ0n) is 19.7. The molecule has 0 heterocycles. The number of carbonyl (C=O) groups is 2. The maximum atomic E-state index is 13.6. The SMILES string of the molecule is COC(=O)c1ccc(S(=O)(=O)N(CC(=O)Nc2c(C)cc(C)cc2C)C2CCCCC2)cc1. The molecule has 1 aliphatic rings. The molecule has 8 heteroatoms. The first kappa shape index (κ1) is 24.9. The van der Waals surface area contributed by atoms with Crippen molar-refractivity contribution in [2.75, 3.05) is 19.0 Å². The molecule has 1 fully saturated rings. The van der Waals surface area contributed by atoms with E-state index in [1.807, 2.05) is 32.9 Å². The van der Waals surface area contributed by atoms with E-state index >= 15 is 0 Å². The van der Waals surface area contributed by atoms with Gasteiger partial charge >= 0.3 is 5.97 Å². The highest BCUT2D eigenvalue weighted by atomic mass is 32.2. The molecule has 0 aromatic heterocycles. The van der Waals surface area contributed by atoms with Crippen LogP contribution in [0.5, 0.6) is 0 Å². The van der Waals surface area contributed by atoms with E-state index < -0.39 is 16.0 Å². The molecule has 33 heavy (non-hydrogen) atoms. The number of esters is 1. The van der Waals surface area contributed by atoms with Crippen LogP contribution >= 0.6 is 0 Å². The fourth-order valence-electron chi connectivity index (χ4n) is 4.49. The first-order valence-electron chi connectivity index (χ1n) is 11.2. The smallest absolute Gasteiger partial charge is 0.337 e. The Balaban J connectivity index is 1.88. The van der Waals surface area contributed by atoms with Gasteiger partial charge in [0.15, 0.2) is 0 Å². The molecular formula is C25H32N2O5S. The number of methoxy groups -OCH3 is 1. The molecule has 3 rings (SSSR count). The Morgan fingerprint density at radius 1 is 1.00 bits per heavy atom. The fourth-order valence-corrected chi connectivity index (χ4v) is 6.13. The number of hydrogen-bond acceptors (Lipinski definition) is 5. The van der Waals surface area contributed by atoms with Crippen LogP contribution in [0, 0.1) is 20.8 Å². The topological polar surface area (TPSA) is 92.8 Å². The van der Waals surface area contributed by atoms with Crippen molar-refractivity contribution in [1.29, 1.82) is 0 Å². The number of nitrogens with one attached hydrogen (secondary N) is 1. The van der Waals surface area contributed by atoms with E-state index in [1.54, 1.807) is 0 Å². The van der Waals surface area contributed by atoms with Crippen LogP contribution in [0.2, 0.25) is 0 Å². The van der Waals surface area contributed by atoms with E-state index in [4.69, 9.17) is 0 Å². The summed E-state index contributed by atoms with van der Waals surface area (Å²) >= 11 is 0. The number of carbonyl (C=O) groups excluding carboxylic acids is 2. The van der Waals surface area contributed by atoms with Crippen LogP contribution in [0.3, 0.4) is 0 Å². The van der Waals surface area contributed by atoms with Crippen LogP contribution in [0.15, 0.2) is 41.3 Å². The van der Waals surface area contributed by atoms with Gasteiger partial charge in [-0.3, -0.25) is 4.79 Å². The Morgan fingerprint density at radius 2 is 1.58 bits per heavy atom. The summed E-state index contributed by atoms with van der Waals surface area (Å²) in [6.07, 6.45) is 4.35. The molecule has 0 aliphatic heterocycles. The van der Waals surface area contributed by atoms with Crippen molar-refractivity contribution < 1.29 is 22.7 Å². The molecule has 7 nitrogen and oxygen atoms in total. The van der Waals surface area contributed by atoms with Crippen LogP contribution in [0.1, 0.15) is 59.2 Å². The first-order chi connectivity index (χ1) is 15.6. The van der Waals surface area contributed by atoms with Gasteiger partial charge in [-0.2, -0.15) is 4.31 Å². The number of ether oxygens (including phenoxy) is 1. The summed E-state index contributed by atoms with van der Waals surface area (Å²) < 4.78 is 33.2. The Labute approximate surface area is 196 Å². The number of rotatable bonds is 7. The largest absolute Gasteiger partial charge is 0.465 e. The molecule has 0 radical (unpaired) electrons. The van der Waals surface area contributed by atoms with Gasteiger partial charge in [-0.15, -0.1) is 0 Å². The third-order valence-electron chi connectivity index (χ3n) is 6.10. The van der Waals surface area contributed by atoms with Gasteiger partial charge in [-0.1, -0.05) is 37.0 Å². The lowest BCUT2D eigenvalue weighted by atomic mass is 9.95. The molecule has 1 N–H and O–H groups in total. The van der Waals surface area contributed by atoms with Crippen molar-refractivity contribution in [2.24, 2.45) is 0 Å². The average Bonchev–Trinajstić information content (AvgIpc) is 2.79. The van der Waals surface area contributed by atoms with Crippen molar-refractivity contribution in [1.82, 2.24) is 4.31 Å². The van der Waals surface area contributed by atoms with Gasteiger partial charge in [-0.25, -0.2) is 13.2 Å². The number of benzene rings is 2. The number of nitrogens with zero attached hydrogens (tertiary/aromatic N) is 1. The number of anilines is 1. The zero-order valence-corrected chi connectivity index (χ0v) is 20.5. The van der Waals surface area contributed by atoms with Crippen molar-refractivity contribution in [3.8, 4) is 0 Å². The maximum Gasteiger partial charge on any atom is 0.337 e. The summed E-state index contributed by atoms with van der Waals surface area (Å²) in [4.78, 5) is 24.8. The summed E-state index contributed by atoms with van der Waals surface area (Å²) in [6.45, 7) is 5.58. The van der Waals surface area contributed by atoms with E-state index in [2.05, 4.69) is 10.1 Å². The van der Waals surface area contributed by atoms with E-state index in [0.29, 0.717) is 5.69 Å². The van der Waals surface area contributed by atoms with Crippen LogP contribution < -0.4 is 5.32 Å². The van der Waals surface area contributed by atoms with E-state index in [-0.39, 0.29) is 29.0 Å². The normalized spacial score (nSPS) is 14.8. The highest BCUT2D eigenvalue weighted by Crippen LogP contribution is 2.29. The predicted octanol–water partition coefficient (Wildman–Crippen LogP) is 4.36. The van der Waals surface area contributed by atoms with E-state index in [0.717, 1.165) is 48.8 Å². The molecule has 0 bridgehead atoms.